The largest absolute Gasteiger partial charge is 0.368 e. The van der Waals surface area contributed by atoms with Gasteiger partial charge in [-0.1, -0.05) is 36.8 Å². The highest BCUT2D eigenvalue weighted by atomic mass is 35.5. The highest BCUT2D eigenvalue weighted by molar-refractivity contribution is 7.93. The lowest BCUT2D eigenvalue weighted by molar-refractivity contribution is -0.0450. The Kier molecular flexibility index (Phi) is 7.78. The fourth-order valence-electron chi connectivity index (χ4n) is 4.49. The number of nitrogens with zero attached hydrogens (tertiary/aromatic N) is 1. The van der Waals surface area contributed by atoms with E-state index in [1.54, 1.807) is 25.3 Å². The van der Waals surface area contributed by atoms with E-state index in [1.165, 1.54) is 10.4 Å². The number of aliphatic hydroxyl groups is 2. The van der Waals surface area contributed by atoms with E-state index < -0.39 is 28.4 Å². The molecule has 2 aliphatic carbocycles. The highest BCUT2D eigenvalue weighted by Crippen LogP contribution is 2.45. The first kappa shape index (κ1) is 24.2. The van der Waals surface area contributed by atoms with Gasteiger partial charge in [0.05, 0.1) is 17.3 Å². The lowest BCUT2D eigenvalue weighted by atomic mass is 9.84. The van der Waals surface area contributed by atoms with Crippen molar-refractivity contribution in [3.8, 4) is 0 Å². The molecule has 172 valence electrons. The minimum atomic E-state index is -3.87. The number of halogens is 3. The first-order valence-electron chi connectivity index (χ1n) is 10.4. The molecule has 0 saturated carbocycles. The van der Waals surface area contributed by atoms with Crippen LogP contribution in [0.1, 0.15) is 39.0 Å². The Morgan fingerprint density at radius 1 is 1.35 bits per heavy atom. The molecule has 0 aromatic heterocycles. The molecule has 0 fully saturated rings. The number of aliphatic hydroxyl groups excluding tert-OH is 1. The summed E-state index contributed by atoms with van der Waals surface area (Å²) in [6.07, 6.45) is 7.87. The summed E-state index contributed by atoms with van der Waals surface area (Å²) in [7, 11) is -3.87. The van der Waals surface area contributed by atoms with E-state index in [4.69, 9.17) is 11.6 Å². The minimum Gasteiger partial charge on any atom is -0.368 e. The second kappa shape index (κ2) is 9.98. The Labute approximate surface area is 187 Å². The molecular formula is C22H28ClF2NO4S. The van der Waals surface area contributed by atoms with E-state index in [-0.39, 0.29) is 42.0 Å². The molecule has 0 radical (unpaired) electrons. The minimum absolute atomic E-state index is 0.106. The normalized spacial score (nSPS) is 28.4. The van der Waals surface area contributed by atoms with Crippen LogP contribution in [0.25, 0.3) is 0 Å². The van der Waals surface area contributed by atoms with Gasteiger partial charge in [0.25, 0.3) is 10.0 Å². The molecule has 0 spiro atoms. The van der Waals surface area contributed by atoms with Crippen molar-refractivity contribution < 1.29 is 27.4 Å². The van der Waals surface area contributed by atoms with Crippen molar-refractivity contribution in [2.45, 2.75) is 57.5 Å². The third-order valence-electron chi connectivity index (χ3n) is 6.37. The molecule has 0 aromatic carbocycles. The van der Waals surface area contributed by atoms with E-state index in [1.807, 2.05) is 6.08 Å². The number of hydrogen-bond donors (Lipinski definition) is 2. The summed E-state index contributed by atoms with van der Waals surface area (Å²) in [6, 6.07) is -0.329. The molecule has 0 saturated heterocycles. The van der Waals surface area contributed by atoms with Crippen molar-refractivity contribution in [1.29, 1.82) is 0 Å². The maximum absolute atomic E-state index is 14.2. The zero-order valence-electron chi connectivity index (χ0n) is 17.2. The molecule has 1 aliphatic heterocycles. The van der Waals surface area contributed by atoms with Gasteiger partial charge in [-0.05, 0) is 55.2 Å². The molecule has 2 N–H and O–H groups in total. The number of hydrogen-bond acceptors (Lipinski definition) is 4. The summed E-state index contributed by atoms with van der Waals surface area (Å²) in [5.74, 6) is -1.08. The van der Waals surface area contributed by atoms with Crippen LogP contribution in [0.3, 0.4) is 0 Å². The van der Waals surface area contributed by atoms with Crippen LogP contribution in [0.2, 0.25) is 0 Å². The van der Waals surface area contributed by atoms with Crippen LogP contribution in [0.15, 0.2) is 58.4 Å². The number of alkyl halides is 1. The van der Waals surface area contributed by atoms with Gasteiger partial charge >= 0.3 is 0 Å². The van der Waals surface area contributed by atoms with Crippen molar-refractivity contribution in [3.63, 3.8) is 0 Å². The Bertz CT molecular complexity index is 926. The van der Waals surface area contributed by atoms with Crippen molar-refractivity contribution in [3.05, 3.63) is 58.4 Å². The molecular weight excluding hydrogens is 448 g/mol. The van der Waals surface area contributed by atoms with Crippen LogP contribution >= 0.6 is 11.6 Å². The second-order valence-electron chi connectivity index (χ2n) is 8.33. The summed E-state index contributed by atoms with van der Waals surface area (Å²) in [4.78, 5) is 0.183. The van der Waals surface area contributed by atoms with Gasteiger partial charge in [-0.15, -0.1) is 0 Å². The van der Waals surface area contributed by atoms with Crippen LogP contribution in [0.5, 0.6) is 0 Å². The van der Waals surface area contributed by atoms with E-state index in [0.717, 1.165) is 11.6 Å². The van der Waals surface area contributed by atoms with Gasteiger partial charge in [0.1, 0.15) is 6.17 Å². The molecule has 0 amide bonds. The molecule has 1 heterocycles. The molecule has 3 rings (SSSR count). The van der Waals surface area contributed by atoms with Crippen LogP contribution in [-0.4, -0.2) is 41.4 Å². The lowest BCUT2D eigenvalue weighted by Gasteiger charge is -2.33. The molecule has 0 bridgehead atoms. The summed E-state index contributed by atoms with van der Waals surface area (Å²) in [6.45, 7) is 1.63. The third-order valence-corrected chi connectivity index (χ3v) is 8.57. The van der Waals surface area contributed by atoms with Crippen molar-refractivity contribution >= 4 is 21.6 Å². The van der Waals surface area contributed by atoms with Crippen LogP contribution < -0.4 is 0 Å². The maximum atomic E-state index is 14.2. The van der Waals surface area contributed by atoms with E-state index in [9.17, 15) is 27.4 Å². The fourth-order valence-corrected chi connectivity index (χ4v) is 6.54. The topological polar surface area (TPSA) is 77.8 Å². The lowest BCUT2D eigenvalue weighted by Crippen LogP contribution is -2.39. The second-order valence-corrected chi connectivity index (χ2v) is 10.7. The van der Waals surface area contributed by atoms with Crippen LogP contribution in [0, 0.1) is 17.8 Å². The average Bonchev–Trinajstić information content (AvgIpc) is 3.10. The predicted octanol–water partition coefficient (Wildman–Crippen LogP) is 4.43. The predicted molar refractivity (Wildman–Crippen MR) is 116 cm³/mol. The van der Waals surface area contributed by atoms with Gasteiger partial charge in [-0.2, -0.15) is 0 Å². The molecule has 5 atom stereocenters. The molecule has 5 unspecified atom stereocenters. The number of fused-ring (bicyclic) bond motifs is 1. The zero-order valence-corrected chi connectivity index (χ0v) is 18.8. The first-order valence-corrected chi connectivity index (χ1v) is 12.2. The van der Waals surface area contributed by atoms with Crippen LogP contribution in [0.4, 0.5) is 8.78 Å². The molecule has 0 aromatic rings. The van der Waals surface area contributed by atoms with Gasteiger partial charge in [-0.3, -0.25) is 4.31 Å². The molecule has 3 aliphatic rings. The smallest absolute Gasteiger partial charge is 0.260 e. The molecule has 9 heteroatoms. The third kappa shape index (κ3) is 5.30. The Morgan fingerprint density at radius 3 is 2.77 bits per heavy atom. The van der Waals surface area contributed by atoms with Crippen molar-refractivity contribution in [2.75, 3.05) is 0 Å². The molecule has 31 heavy (non-hydrogen) atoms. The SMILES string of the molecule is CC(C(F)/C=C/F)C1C=CC=C(S(=O)(=O)N2C=C(CCC(O)O)C3CC(Cl)=CCC32)C1. The summed E-state index contributed by atoms with van der Waals surface area (Å²) >= 11 is 6.21. The summed E-state index contributed by atoms with van der Waals surface area (Å²) in [5, 5.41) is 19.1. The summed E-state index contributed by atoms with van der Waals surface area (Å²) in [5.41, 5.74) is 0.821. The Balaban J connectivity index is 1.84. The highest BCUT2D eigenvalue weighted by Gasteiger charge is 2.43. The molecule has 5 nitrogen and oxygen atoms in total. The monoisotopic (exact) mass is 475 g/mol. The standard InChI is InChI=1S/C22H28ClF2NO4S/c1-14(20(25)9-10-24)15-3-2-4-18(11-15)31(29,30)26-13-16(5-8-22(27)28)19-12-17(23)6-7-21(19)26/h2-4,6,9-10,13-15,19-22,27-28H,5,7-8,11-12H2,1H3/b10-9+. The van der Waals surface area contributed by atoms with Crippen LogP contribution in [-0.2, 0) is 10.0 Å². The zero-order chi connectivity index (χ0) is 22.8. The summed E-state index contributed by atoms with van der Waals surface area (Å²) < 4.78 is 54.9. The van der Waals surface area contributed by atoms with Crippen molar-refractivity contribution in [2.24, 2.45) is 17.8 Å². The average molecular weight is 476 g/mol. The van der Waals surface area contributed by atoms with Gasteiger partial charge in [0.2, 0.25) is 0 Å². The Morgan fingerprint density at radius 2 is 2.10 bits per heavy atom. The van der Waals surface area contributed by atoms with Gasteiger partial charge < -0.3 is 10.2 Å². The van der Waals surface area contributed by atoms with Gasteiger partial charge in [0, 0.05) is 23.6 Å². The quantitative estimate of drug-likeness (QED) is 0.509. The van der Waals surface area contributed by atoms with E-state index in [2.05, 4.69) is 0 Å². The number of rotatable bonds is 8. The Hall–Kier alpha value is -1.48. The first-order chi connectivity index (χ1) is 14.6. The number of sulfonamides is 1. The fraction of sp³-hybridized carbons (Fsp3) is 0.545. The number of allylic oxidation sites excluding steroid dienone is 6. The maximum Gasteiger partial charge on any atom is 0.260 e. The van der Waals surface area contributed by atoms with E-state index in [0.29, 0.717) is 24.3 Å². The van der Waals surface area contributed by atoms with E-state index >= 15 is 0 Å². The van der Waals surface area contributed by atoms with Gasteiger partial charge in [-0.25, -0.2) is 17.2 Å². The van der Waals surface area contributed by atoms with Crippen molar-refractivity contribution in [1.82, 2.24) is 4.31 Å². The van der Waals surface area contributed by atoms with Gasteiger partial charge in [0.15, 0.2) is 6.29 Å².